The summed E-state index contributed by atoms with van der Waals surface area (Å²) in [4.78, 5) is 10.2. The Labute approximate surface area is 83.1 Å². The number of carboxylic acid groups (broad SMARTS) is 1. The first kappa shape index (κ1) is 10.5. The van der Waals surface area contributed by atoms with Crippen molar-refractivity contribution in [3.05, 3.63) is 31.4 Å². The zero-order valence-corrected chi connectivity index (χ0v) is 8.06. The van der Waals surface area contributed by atoms with E-state index in [2.05, 4.69) is 6.58 Å². The van der Waals surface area contributed by atoms with Gasteiger partial charge < -0.3 is 9.90 Å². The monoisotopic (exact) mass is 194 g/mol. The second kappa shape index (κ2) is 5.21. The molecule has 0 fully saturated rings. The first-order chi connectivity index (χ1) is 6.72. The van der Waals surface area contributed by atoms with Crippen molar-refractivity contribution >= 4 is 5.97 Å². The van der Waals surface area contributed by atoms with Gasteiger partial charge in [0.1, 0.15) is 18.9 Å². The van der Waals surface area contributed by atoms with Crippen LogP contribution in [0.2, 0.25) is 0 Å². The average Bonchev–Trinajstić information content (AvgIpc) is 2.53. The summed E-state index contributed by atoms with van der Waals surface area (Å²) in [5.41, 5.74) is 0. The summed E-state index contributed by atoms with van der Waals surface area (Å²) < 4.78 is 3.93. The van der Waals surface area contributed by atoms with Gasteiger partial charge in [0.25, 0.3) is 0 Å². The molecular formula is C10H14N2O2. The van der Waals surface area contributed by atoms with Crippen molar-refractivity contribution in [2.75, 3.05) is 0 Å². The van der Waals surface area contributed by atoms with E-state index in [-0.39, 0.29) is 6.42 Å². The molecule has 4 nitrogen and oxygen atoms in total. The zero-order valence-electron chi connectivity index (χ0n) is 8.06. The molecule has 0 spiro atoms. The van der Waals surface area contributed by atoms with Crippen molar-refractivity contribution in [3.63, 3.8) is 0 Å². The second-order valence-electron chi connectivity index (χ2n) is 3.11. The third kappa shape index (κ3) is 3.43. The van der Waals surface area contributed by atoms with E-state index < -0.39 is 5.97 Å². The van der Waals surface area contributed by atoms with Gasteiger partial charge in [0.15, 0.2) is 0 Å². The topological polar surface area (TPSA) is 48.9 Å². The molecule has 1 heterocycles. The Balaban J connectivity index is 2.35. The van der Waals surface area contributed by atoms with Gasteiger partial charge >= 0.3 is 0 Å². The fourth-order valence-electron chi connectivity index (χ4n) is 1.23. The van der Waals surface area contributed by atoms with Crippen LogP contribution in [0.4, 0.5) is 0 Å². The van der Waals surface area contributed by atoms with Gasteiger partial charge in [0.2, 0.25) is 6.33 Å². The number of allylic oxidation sites excluding steroid dienone is 1. The van der Waals surface area contributed by atoms with Crippen LogP contribution in [0, 0.1) is 0 Å². The predicted molar refractivity (Wildman–Crippen MR) is 49.1 cm³/mol. The number of imidazole rings is 1. The van der Waals surface area contributed by atoms with Crippen molar-refractivity contribution in [1.29, 1.82) is 0 Å². The predicted octanol–water partition coefficient (Wildman–Crippen LogP) is -0.508. The molecule has 0 saturated carbocycles. The molecule has 76 valence electrons. The van der Waals surface area contributed by atoms with Crippen LogP contribution < -0.4 is 9.67 Å². The lowest BCUT2D eigenvalue weighted by Crippen LogP contribution is -2.32. The second-order valence-corrected chi connectivity index (χ2v) is 3.11. The lowest BCUT2D eigenvalue weighted by atomic mass is 10.3. The minimum absolute atomic E-state index is 0.111. The van der Waals surface area contributed by atoms with E-state index in [9.17, 15) is 9.90 Å². The highest BCUT2D eigenvalue weighted by Crippen LogP contribution is 1.89. The Morgan fingerprint density at radius 1 is 1.64 bits per heavy atom. The maximum Gasteiger partial charge on any atom is 0.244 e. The molecule has 0 amide bonds. The molecule has 0 bridgehead atoms. The van der Waals surface area contributed by atoms with E-state index in [0.29, 0.717) is 13.0 Å². The Morgan fingerprint density at radius 3 is 3.07 bits per heavy atom. The molecule has 14 heavy (non-hydrogen) atoms. The van der Waals surface area contributed by atoms with Crippen molar-refractivity contribution in [3.8, 4) is 0 Å². The standard InChI is InChI=1S/C10H14N2O2/c1-2-5-11-7-8-12(9-11)6-3-4-10(13)14/h2,7-9H,1,3-6H2. The van der Waals surface area contributed by atoms with Crippen LogP contribution >= 0.6 is 0 Å². The van der Waals surface area contributed by atoms with Gasteiger partial charge in [0.05, 0.1) is 6.54 Å². The number of aryl methyl sites for hydroxylation is 1. The van der Waals surface area contributed by atoms with E-state index in [0.717, 1.165) is 6.54 Å². The van der Waals surface area contributed by atoms with Crippen molar-refractivity contribution in [1.82, 2.24) is 4.57 Å². The molecule has 0 atom stereocenters. The maximum absolute atomic E-state index is 10.2. The van der Waals surface area contributed by atoms with Crippen LogP contribution in [0.3, 0.4) is 0 Å². The highest BCUT2D eigenvalue weighted by molar-refractivity contribution is 5.63. The maximum atomic E-state index is 10.2. The Kier molecular flexibility index (Phi) is 3.91. The largest absolute Gasteiger partial charge is 0.550 e. The van der Waals surface area contributed by atoms with Gasteiger partial charge in [-0.2, -0.15) is 0 Å². The molecule has 1 aromatic heterocycles. The lowest BCUT2D eigenvalue weighted by Gasteiger charge is -1.98. The SMILES string of the molecule is C=CCn1cc[n+](CCCC(=O)[O-])c1. The van der Waals surface area contributed by atoms with Crippen LogP contribution in [0.5, 0.6) is 0 Å². The molecule has 0 N–H and O–H groups in total. The Hall–Kier alpha value is -1.58. The first-order valence-electron chi connectivity index (χ1n) is 4.58. The minimum Gasteiger partial charge on any atom is -0.550 e. The number of hydrogen-bond donors (Lipinski definition) is 0. The number of rotatable bonds is 6. The van der Waals surface area contributed by atoms with Gasteiger partial charge in [-0.05, 0) is 12.8 Å². The van der Waals surface area contributed by atoms with Gasteiger partial charge in [-0.3, -0.25) is 0 Å². The highest BCUT2D eigenvalue weighted by Gasteiger charge is 2.01. The Morgan fingerprint density at radius 2 is 2.43 bits per heavy atom. The molecule has 0 aliphatic heterocycles. The van der Waals surface area contributed by atoms with E-state index in [1.807, 2.05) is 33.9 Å². The van der Waals surface area contributed by atoms with Gasteiger partial charge in [0, 0.05) is 5.97 Å². The van der Waals surface area contributed by atoms with Crippen LogP contribution in [0.15, 0.2) is 31.4 Å². The molecule has 4 heteroatoms. The fraction of sp³-hybridized carbons (Fsp3) is 0.400. The summed E-state index contributed by atoms with van der Waals surface area (Å²) >= 11 is 0. The van der Waals surface area contributed by atoms with Gasteiger partial charge in [-0.25, -0.2) is 9.13 Å². The van der Waals surface area contributed by atoms with Crippen LogP contribution in [-0.4, -0.2) is 10.5 Å². The van der Waals surface area contributed by atoms with Gasteiger partial charge in [-0.1, -0.05) is 12.7 Å². The molecule has 0 aromatic carbocycles. The number of carbonyl (C=O) groups excluding carboxylic acids is 1. The van der Waals surface area contributed by atoms with Crippen LogP contribution in [0.1, 0.15) is 12.8 Å². The molecule has 0 radical (unpaired) electrons. The number of aliphatic carboxylic acids is 1. The summed E-state index contributed by atoms with van der Waals surface area (Å²) in [6.07, 6.45) is 8.30. The third-order valence-electron chi connectivity index (χ3n) is 1.88. The summed E-state index contributed by atoms with van der Waals surface area (Å²) in [6.45, 7) is 5.11. The third-order valence-corrected chi connectivity index (χ3v) is 1.88. The van der Waals surface area contributed by atoms with Gasteiger partial charge in [-0.15, -0.1) is 0 Å². The van der Waals surface area contributed by atoms with E-state index in [1.165, 1.54) is 0 Å². The van der Waals surface area contributed by atoms with Crippen molar-refractivity contribution in [2.45, 2.75) is 25.9 Å². The lowest BCUT2D eigenvalue weighted by molar-refractivity contribution is -0.696. The van der Waals surface area contributed by atoms with Crippen molar-refractivity contribution < 1.29 is 14.5 Å². The first-order valence-corrected chi connectivity index (χ1v) is 4.58. The summed E-state index contributed by atoms with van der Waals surface area (Å²) in [5.74, 6) is -0.990. The number of aromatic nitrogens is 2. The zero-order chi connectivity index (χ0) is 10.4. The summed E-state index contributed by atoms with van der Waals surface area (Å²) in [6, 6.07) is 0. The summed E-state index contributed by atoms with van der Waals surface area (Å²) in [5, 5.41) is 10.2. The minimum atomic E-state index is -0.990. The van der Waals surface area contributed by atoms with E-state index in [4.69, 9.17) is 0 Å². The molecular weight excluding hydrogens is 180 g/mol. The molecule has 0 saturated heterocycles. The number of carboxylic acids is 1. The number of hydrogen-bond acceptors (Lipinski definition) is 2. The summed E-state index contributed by atoms with van der Waals surface area (Å²) in [7, 11) is 0. The van der Waals surface area contributed by atoms with Crippen molar-refractivity contribution in [2.24, 2.45) is 0 Å². The van der Waals surface area contributed by atoms with E-state index >= 15 is 0 Å². The van der Waals surface area contributed by atoms with Crippen LogP contribution in [0.25, 0.3) is 0 Å². The quantitative estimate of drug-likeness (QED) is 0.452. The van der Waals surface area contributed by atoms with Crippen LogP contribution in [-0.2, 0) is 17.9 Å². The average molecular weight is 194 g/mol. The number of nitrogens with zero attached hydrogens (tertiary/aromatic N) is 2. The molecule has 0 aliphatic rings. The number of carbonyl (C=O) groups is 1. The Bertz CT molecular complexity index is 318. The smallest absolute Gasteiger partial charge is 0.244 e. The molecule has 1 aromatic rings. The molecule has 1 rings (SSSR count). The molecule has 0 aliphatic carbocycles. The highest BCUT2D eigenvalue weighted by atomic mass is 16.4. The van der Waals surface area contributed by atoms with E-state index in [1.54, 1.807) is 0 Å². The normalized spacial score (nSPS) is 10.0. The fourth-order valence-corrected chi connectivity index (χ4v) is 1.23. The molecule has 0 unspecified atom stereocenters.